The maximum Gasteiger partial charge on any atom is 0.268 e. The van der Waals surface area contributed by atoms with E-state index in [1.165, 1.54) is 0 Å². The third-order valence-corrected chi connectivity index (χ3v) is 3.70. The minimum Gasteiger partial charge on any atom is -0.475 e. The molecule has 0 aliphatic carbocycles. The largest absolute Gasteiger partial charge is 0.475 e. The number of carbonyl (C=O) groups excluding carboxylic acids is 1. The third kappa shape index (κ3) is 1.94. The van der Waals surface area contributed by atoms with Gasteiger partial charge in [0.25, 0.3) is 5.91 Å². The Bertz CT molecular complexity index is 460. The lowest BCUT2D eigenvalue weighted by molar-refractivity contribution is -0.129. The minimum atomic E-state index is -0.823. The maximum atomic E-state index is 11.7. The standard InChI is InChI=1S/C11H12BrNO2S/c1-11(2)10(14)13-8-5-6(16-3)4-7(12)9(8)15-11/h4-5H,1-3H3,(H,13,14). The van der Waals surface area contributed by atoms with Gasteiger partial charge in [0, 0.05) is 4.90 Å². The normalized spacial score (nSPS) is 17.4. The Kier molecular flexibility index (Phi) is 2.92. The second-order valence-corrected chi connectivity index (χ2v) is 5.79. The summed E-state index contributed by atoms with van der Waals surface area (Å²) in [7, 11) is 0. The fraction of sp³-hybridized carbons (Fsp3) is 0.364. The molecule has 0 atom stereocenters. The Morgan fingerprint density at radius 2 is 2.12 bits per heavy atom. The molecular weight excluding hydrogens is 290 g/mol. The van der Waals surface area contributed by atoms with Crippen LogP contribution in [0.15, 0.2) is 21.5 Å². The van der Waals surface area contributed by atoms with Crippen molar-refractivity contribution in [3.8, 4) is 5.75 Å². The number of hydrogen-bond acceptors (Lipinski definition) is 3. The van der Waals surface area contributed by atoms with Crippen molar-refractivity contribution >= 4 is 39.3 Å². The maximum absolute atomic E-state index is 11.7. The van der Waals surface area contributed by atoms with Gasteiger partial charge in [0.1, 0.15) is 0 Å². The Morgan fingerprint density at radius 1 is 1.44 bits per heavy atom. The van der Waals surface area contributed by atoms with Crippen LogP contribution in [-0.2, 0) is 4.79 Å². The lowest BCUT2D eigenvalue weighted by atomic mass is 10.1. The summed E-state index contributed by atoms with van der Waals surface area (Å²) in [4.78, 5) is 12.8. The Hall–Kier alpha value is -0.680. The molecule has 0 radical (unpaired) electrons. The zero-order valence-electron chi connectivity index (χ0n) is 9.26. The van der Waals surface area contributed by atoms with Crippen LogP contribution >= 0.6 is 27.7 Å². The van der Waals surface area contributed by atoms with E-state index in [1.54, 1.807) is 25.6 Å². The summed E-state index contributed by atoms with van der Waals surface area (Å²) >= 11 is 5.08. The molecule has 1 N–H and O–H groups in total. The quantitative estimate of drug-likeness (QED) is 0.809. The monoisotopic (exact) mass is 301 g/mol. The van der Waals surface area contributed by atoms with Crippen LogP contribution in [0.1, 0.15) is 13.8 Å². The molecule has 1 aromatic rings. The highest BCUT2D eigenvalue weighted by Crippen LogP contribution is 2.42. The van der Waals surface area contributed by atoms with E-state index in [4.69, 9.17) is 4.74 Å². The van der Waals surface area contributed by atoms with E-state index in [9.17, 15) is 4.79 Å². The molecule has 0 aromatic heterocycles. The summed E-state index contributed by atoms with van der Waals surface area (Å²) in [5, 5.41) is 2.86. The number of thioether (sulfide) groups is 1. The van der Waals surface area contributed by atoms with Gasteiger partial charge in [-0.1, -0.05) is 0 Å². The molecule has 86 valence electrons. The van der Waals surface area contributed by atoms with Crippen molar-refractivity contribution < 1.29 is 9.53 Å². The Labute approximate surface area is 107 Å². The topological polar surface area (TPSA) is 38.3 Å². The Balaban J connectivity index is 2.51. The van der Waals surface area contributed by atoms with Gasteiger partial charge >= 0.3 is 0 Å². The summed E-state index contributed by atoms with van der Waals surface area (Å²) in [6.45, 7) is 3.50. The predicted octanol–water partition coefficient (Wildman–Crippen LogP) is 3.28. The van der Waals surface area contributed by atoms with Crippen molar-refractivity contribution in [3.05, 3.63) is 16.6 Å². The SMILES string of the molecule is CSc1cc(Br)c2c(c1)NC(=O)C(C)(C)O2. The fourth-order valence-electron chi connectivity index (χ4n) is 1.46. The molecule has 0 saturated heterocycles. The van der Waals surface area contributed by atoms with Crippen LogP contribution < -0.4 is 10.1 Å². The number of benzene rings is 1. The minimum absolute atomic E-state index is 0.120. The van der Waals surface area contributed by atoms with Crippen molar-refractivity contribution in [2.24, 2.45) is 0 Å². The summed E-state index contributed by atoms with van der Waals surface area (Å²) in [6, 6.07) is 3.90. The van der Waals surface area contributed by atoms with Gasteiger partial charge in [-0.3, -0.25) is 4.79 Å². The number of hydrogen-bond donors (Lipinski definition) is 1. The molecule has 0 fully saturated rings. The van der Waals surface area contributed by atoms with Crippen molar-refractivity contribution in [1.29, 1.82) is 0 Å². The van der Waals surface area contributed by atoms with Crippen molar-refractivity contribution in [1.82, 2.24) is 0 Å². The molecule has 1 aliphatic heterocycles. The van der Waals surface area contributed by atoms with E-state index in [2.05, 4.69) is 21.2 Å². The first-order valence-electron chi connectivity index (χ1n) is 4.82. The van der Waals surface area contributed by atoms with Crippen LogP contribution in [-0.4, -0.2) is 17.8 Å². The molecule has 3 nitrogen and oxygen atoms in total. The number of halogens is 1. The molecule has 0 bridgehead atoms. The van der Waals surface area contributed by atoms with Crippen LogP contribution in [0.3, 0.4) is 0 Å². The number of anilines is 1. The van der Waals surface area contributed by atoms with E-state index in [0.29, 0.717) is 5.75 Å². The van der Waals surface area contributed by atoms with E-state index in [1.807, 2.05) is 18.4 Å². The molecule has 1 amide bonds. The number of ether oxygens (including phenoxy) is 1. The van der Waals surface area contributed by atoms with Gasteiger partial charge in [-0.2, -0.15) is 0 Å². The van der Waals surface area contributed by atoms with E-state index in [-0.39, 0.29) is 5.91 Å². The van der Waals surface area contributed by atoms with Gasteiger partial charge in [0.15, 0.2) is 11.4 Å². The average Bonchev–Trinajstić information content (AvgIpc) is 2.21. The fourth-order valence-corrected chi connectivity index (χ4v) is 2.62. The molecule has 1 aromatic carbocycles. The first-order valence-corrected chi connectivity index (χ1v) is 6.84. The number of carbonyl (C=O) groups is 1. The smallest absolute Gasteiger partial charge is 0.268 e. The Morgan fingerprint density at radius 3 is 2.75 bits per heavy atom. The van der Waals surface area contributed by atoms with Gasteiger partial charge in [-0.15, -0.1) is 11.8 Å². The molecule has 5 heteroatoms. The number of nitrogens with one attached hydrogen (secondary N) is 1. The molecule has 2 rings (SSSR count). The van der Waals surface area contributed by atoms with Crippen LogP contribution in [0.25, 0.3) is 0 Å². The zero-order chi connectivity index (χ0) is 11.9. The van der Waals surface area contributed by atoms with Crippen molar-refractivity contribution in [2.45, 2.75) is 24.3 Å². The average molecular weight is 302 g/mol. The molecule has 0 spiro atoms. The third-order valence-electron chi connectivity index (χ3n) is 2.41. The van der Waals surface area contributed by atoms with Crippen molar-refractivity contribution in [3.63, 3.8) is 0 Å². The van der Waals surface area contributed by atoms with Crippen molar-refractivity contribution in [2.75, 3.05) is 11.6 Å². The number of rotatable bonds is 1. The highest BCUT2D eigenvalue weighted by atomic mass is 79.9. The van der Waals surface area contributed by atoms with Crippen LogP contribution in [0.4, 0.5) is 5.69 Å². The van der Waals surface area contributed by atoms with E-state index < -0.39 is 5.60 Å². The highest BCUT2D eigenvalue weighted by Gasteiger charge is 2.36. The predicted molar refractivity (Wildman–Crippen MR) is 69.3 cm³/mol. The van der Waals surface area contributed by atoms with Gasteiger partial charge in [0.2, 0.25) is 0 Å². The zero-order valence-corrected chi connectivity index (χ0v) is 11.7. The summed E-state index contributed by atoms with van der Waals surface area (Å²) < 4.78 is 6.56. The molecule has 0 saturated carbocycles. The summed E-state index contributed by atoms with van der Waals surface area (Å²) in [5.74, 6) is 0.576. The molecule has 0 unspecified atom stereocenters. The van der Waals surface area contributed by atoms with Gasteiger partial charge in [-0.05, 0) is 48.2 Å². The number of fused-ring (bicyclic) bond motifs is 1. The molecular formula is C11H12BrNO2S. The van der Waals surface area contributed by atoms with E-state index in [0.717, 1.165) is 15.1 Å². The van der Waals surface area contributed by atoms with Crippen LogP contribution in [0.2, 0.25) is 0 Å². The molecule has 1 aliphatic rings. The second-order valence-electron chi connectivity index (χ2n) is 4.05. The van der Waals surface area contributed by atoms with Gasteiger partial charge in [0.05, 0.1) is 10.2 Å². The van der Waals surface area contributed by atoms with Crippen LogP contribution in [0.5, 0.6) is 5.75 Å². The molecule has 16 heavy (non-hydrogen) atoms. The van der Waals surface area contributed by atoms with Gasteiger partial charge < -0.3 is 10.1 Å². The summed E-state index contributed by atoms with van der Waals surface area (Å²) in [6.07, 6.45) is 1.99. The van der Waals surface area contributed by atoms with E-state index >= 15 is 0 Å². The number of amides is 1. The first kappa shape index (κ1) is 11.8. The highest BCUT2D eigenvalue weighted by molar-refractivity contribution is 9.10. The molecule has 1 heterocycles. The lowest BCUT2D eigenvalue weighted by Crippen LogP contribution is -2.45. The first-order chi connectivity index (χ1) is 7.44. The summed E-state index contributed by atoms with van der Waals surface area (Å²) in [5.41, 5.74) is -0.0980. The van der Waals surface area contributed by atoms with Crippen LogP contribution in [0, 0.1) is 0 Å². The van der Waals surface area contributed by atoms with Gasteiger partial charge in [-0.25, -0.2) is 0 Å². The lowest BCUT2D eigenvalue weighted by Gasteiger charge is -2.32. The second kappa shape index (κ2) is 3.96.